The van der Waals surface area contributed by atoms with Crippen molar-refractivity contribution in [3.63, 3.8) is 0 Å². The number of benzene rings is 2. The van der Waals surface area contributed by atoms with E-state index in [2.05, 4.69) is 5.32 Å². The van der Waals surface area contributed by atoms with Gasteiger partial charge < -0.3 is 19.4 Å². The van der Waals surface area contributed by atoms with Gasteiger partial charge in [0.1, 0.15) is 18.1 Å². The molecule has 29 heavy (non-hydrogen) atoms. The second-order valence-electron chi connectivity index (χ2n) is 6.18. The molecule has 0 radical (unpaired) electrons. The summed E-state index contributed by atoms with van der Waals surface area (Å²) in [6, 6.07) is 20.3. The number of amides is 2. The predicted molar refractivity (Wildman–Crippen MR) is 113 cm³/mol. The van der Waals surface area contributed by atoms with E-state index in [9.17, 15) is 9.59 Å². The van der Waals surface area contributed by atoms with Gasteiger partial charge in [-0.15, -0.1) is 11.8 Å². The Morgan fingerprint density at radius 3 is 2.52 bits per heavy atom. The fourth-order valence-electron chi connectivity index (χ4n) is 2.69. The lowest BCUT2D eigenvalue weighted by molar-refractivity contribution is -0.133. The van der Waals surface area contributed by atoms with Crippen LogP contribution in [0.4, 0.5) is 5.69 Å². The number of nitrogens with zero attached hydrogens (tertiary/aromatic N) is 1. The van der Waals surface area contributed by atoms with Crippen LogP contribution in [0.15, 0.2) is 82.3 Å². The fraction of sp³-hybridized carbons (Fsp3) is 0.182. The molecule has 3 rings (SSSR count). The number of nitrogens with one attached hydrogen (secondary N) is 1. The van der Waals surface area contributed by atoms with Crippen LogP contribution in [0.25, 0.3) is 0 Å². The second-order valence-corrected chi connectivity index (χ2v) is 7.23. The third kappa shape index (κ3) is 6.15. The molecule has 0 bridgehead atoms. The highest BCUT2D eigenvalue weighted by molar-refractivity contribution is 8.00. The van der Waals surface area contributed by atoms with Crippen molar-refractivity contribution in [2.45, 2.75) is 11.4 Å². The molecule has 1 heterocycles. The number of hydrogen-bond donors (Lipinski definition) is 1. The summed E-state index contributed by atoms with van der Waals surface area (Å²) in [4.78, 5) is 27.9. The zero-order chi connectivity index (χ0) is 20.5. The van der Waals surface area contributed by atoms with Crippen molar-refractivity contribution in [2.24, 2.45) is 0 Å². The lowest BCUT2D eigenvalue weighted by atomic mass is 10.3. The minimum atomic E-state index is -0.306. The fourth-order valence-corrected chi connectivity index (χ4v) is 3.51. The Balaban J connectivity index is 1.65. The first-order valence-corrected chi connectivity index (χ1v) is 10.0. The Hall–Kier alpha value is -3.19. The van der Waals surface area contributed by atoms with E-state index < -0.39 is 0 Å². The summed E-state index contributed by atoms with van der Waals surface area (Å²) in [7, 11) is 1.54. The number of thioether (sulfide) groups is 1. The summed E-state index contributed by atoms with van der Waals surface area (Å²) in [6.45, 7) is 0.132. The maximum atomic E-state index is 12.8. The van der Waals surface area contributed by atoms with Gasteiger partial charge >= 0.3 is 0 Å². The van der Waals surface area contributed by atoms with Gasteiger partial charge in [0.2, 0.25) is 11.8 Å². The maximum Gasteiger partial charge on any atom is 0.244 e. The summed E-state index contributed by atoms with van der Waals surface area (Å²) in [5.74, 6) is 0.953. The second kappa shape index (κ2) is 10.4. The van der Waals surface area contributed by atoms with Crippen LogP contribution in [0, 0.1) is 0 Å². The molecule has 0 spiro atoms. The monoisotopic (exact) mass is 410 g/mol. The maximum absolute atomic E-state index is 12.8. The smallest absolute Gasteiger partial charge is 0.244 e. The van der Waals surface area contributed by atoms with Gasteiger partial charge in [-0.1, -0.05) is 30.3 Å². The molecule has 0 saturated carbocycles. The molecular weight excluding hydrogens is 388 g/mol. The normalized spacial score (nSPS) is 10.4. The number of carbonyl (C=O) groups excluding carboxylic acids is 2. The Morgan fingerprint density at radius 2 is 1.79 bits per heavy atom. The Morgan fingerprint density at radius 1 is 1.03 bits per heavy atom. The molecule has 0 fully saturated rings. The predicted octanol–water partition coefficient (Wildman–Crippen LogP) is 4.05. The van der Waals surface area contributed by atoms with Crippen LogP contribution in [0.2, 0.25) is 0 Å². The van der Waals surface area contributed by atoms with E-state index in [1.54, 1.807) is 43.7 Å². The van der Waals surface area contributed by atoms with Crippen molar-refractivity contribution < 1.29 is 18.7 Å². The molecule has 150 valence electrons. The molecule has 7 heteroatoms. The van der Waals surface area contributed by atoms with Crippen LogP contribution in [0.3, 0.4) is 0 Å². The van der Waals surface area contributed by atoms with Crippen molar-refractivity contribution in [3.05, 3.63) is 78.8 Å². The molecule has 0 saturated heterocycles. The lowest BCUT2D eigenvalue weighted by Crippen LogP contribution is -2.38. The Labute approximate surface area is 173 Å². The number of furan rings is 1. The van der Waals surface area contributed by atoms with E-state index in [1.165, 1.54) is 16.7 Å². The summed E-state index contributed by atoms with van der Waals surface area (Å²) in [5, 5.41) is 2.80. The molecular formula is C22H22N2O4S. The van der Waals surface area contributed by atoms with Gasteiger partial charge in [-0.05, 0) is 36.4 Å². The van der Waals surface area contributed by atoms with E-state index in [4.69, 9.17) is 9.15 Å². The van der Waals surface area contributed by atoms with E-state index in [-0.39, 0.29) is 30.7 Å². The number of rotatable bonds is 9. The number of hydrogen-bond acceptors (Lipinski definition) is 5. The molecule has 2 aromatic carbocycles. The van der Waals surface area contributed by atoms with Crippen molar-refractivity contribution in [3.8, 4) is 5.75 Å². The molecule has 3 aromatic rings. The zero-order valence-electron chi connectivity index (χ0n) is 16.0. The van der Waals surface area contributed by atoms with Crippen LogP contribution >= 0.6 is 11.8 Å². The van der Waals surface area contributed by atoms with Gasteiger partial charge in [0.25, 0.3) is 0 Å². The van der Waals surface area contributed by atoms with E-state index in [1.807, 2.05) is 36.4 Å². The van der Waals surface area contributed by atoms with Crippen molar-refractivity contribution >= 4 is 29.3 Å². The highest BCUT2D eigenvalue weighted by atomic mass is 32.2. The Kier molecular flexibility index (Phi) is 7.35. The van der Waals surface area contributed by atoms with E-state index in [0.717, 1.165) is 4.90 Å². The van der Waals surface area contributed by atoms with Crippen LogP contribution in [-0.2, 0) is 16.1 Å². The molecule has 0 unspecified atom stereocenters. The topological polar surface area (TPSA) is 71.8 Å². The number of anilines is 1. The van der Waals surface area contributed by atoms with Gasteiger partial charge in [0.05, 0.1) is 31.4 Å². The van der Waals surface area contributed by atoms with E-state index in [0.29, 0.717) is 17.2 Å². The van der Waals surface area contributed by atoms with Crippen molar-refractivity contribution in [1.82, 2.24) is 4.90 Å². The molecule has 0 atom stereocenters. The average Bonchev–Trinajstić information content (AvgIpc) is 3.26. The minimum absolute atomic E-state index is 0.0903. The molecule has 0 aliphatic carbocycles. The summed E-state index contributed by atoms with van der Waals surface area (Å²) in [6.07, 6.45) is 1.55. The zero-order valence-corrected chi connectivity index (χ0v) is 16.9. The molecule has 0 aliphatic heterocycles. The molecule has 1 N–H and O–H groups in total. The van der Waals surface area contributed by atoms with E-state index >= 15 is 0 Å². The van der Waals surface area contributed by atoms with Gasteiger partial charge in [-0.25, -0.2) is 0 Å². The minimum Gasteiger partial charge on any atom is -0.495 e. The average molecular weight is 410 g/mol. The summed E-state index contributed by atoms with van der Waals surface area (Å²) >= 11 is 1.43. The summed E-state index contributed by atoms with van der Waals surface area (Å²) in [5.41, 5.74) is 0.559. The first-order valence-electron chi connectivity index (χ1n) is 9.06. The van der Waals surface area contributed by atoms with Crippen LogP contribution in [-0.4, -0.2) is 36.1 Å². The van der Waals surface area contributed by atoms with Crippen molar-refractivity contribution in [1.29, 1.82) is 0 Å². The molecule has 0 aliphatic rings. The highest BCUT2D eigenvalue weighted by Gasteiger charge is 2.20. The van der Waals surface area contributed by atoms with Gasteiger partial charge in [-0.3, -0.25) is 9.59 Å². The standard InChI is InChI=1S/C22H22N2O4S/c1-27-20-12-6-5-11-19(20)23-21(25)15-24(14-17-8-7-13-28-17)22(26)16-29-18-9-3-2-4-10-18/h2-13H,14-16H2,1H3,(H,23,25). The molecule has 6 nitrogen and oxygen atoms in total. The van der Waals surface area contributed by atoms with Crippen LogP contribution in [0.5, 0.6) is 5.75 Å². The quantitative estimate of drug-likeness (QED) is 0.539. The third-order valence-electron chi connectivity index (χ3n) is 4.10. The Bertz CT molecular complexity index is 929. The number of methoxy groups -OCH3 is 1. The molecule has 1 aromatic heterocycles. The van der Waals surface area contributed by atoms with Crippen molar-refractivity contribution in [2.75, 3.05) is 24.7 Å². The SMILES string of the molecule is COc1ccccc1NC(=O)CN(Cc1ccco1)C(=O)CSc1ccccc1. The largest absolute Gasteiger partial charge is 0.495 e. The number of carbonyl (C=O) groups is 2. The van der Waals surface area contributed by atoms with Crippen LogP contribution in [0.1, 0.15) is 5.76 Å². The number of para-hydroxylation sites is 2. The van der Waals surface area contributed by atoms with Crippen LogP contribution < -0.4 is 10.1 Å². The lowest BCUT2D eigenvalue weighted by Gasteiger charge is -2.21. The first-order chi connectivity index (χ1) is 14.2. The number of ether oxygens (including phenoxy) is 1. The molecule has 2 amide bonds. The third-order valence-corrected chi connectivity index (χ3v) is 5.10. The highest BCUT2D eigenvalue weighted by Crippen LogP contribution is 2.23. The van der Waals surface area contributed by atoms with Gasteiger partial charge in [0.15, 0.2) is 0 Å². The van der Waals surface area contributed by atoms with Gasteiger partial charge in [0, 0.05) is 4.90 Å². The first kappa shape index (κ1) is 20.5. The summed E-state index contributed by atoms with van der Waals surface area (Å²) < 4.78 is 10.6. The van der Waals surface area contributed by atoms with Gasteiger partial charge in [-0.2, -0.15) is 0 Å².